The molecule has 0 saturated heterocycles. The fraction of sp³-hybridized carbons (Fsp3) is 0.115. The van der Waals surface area contributed by atoms with Crippen LogP contribution >= 0.6 is 0 Å². The van der Waals surface area contributed by atoms with Crippen LogP contribution in [-0.4, -0.2) is 0 Å². The van der Waals surface area contributed by atoms with Crippen molar-refractivity contribution in [2.75, 3.05) is 4.90 Å². The Bertz CT molecular complexity index is 3440. The van der Waals surface area contributed by atoms with Crippen molar-refractivity contribution in [2.24, 2.45) is 0 Å². The summed E-state index contributed by atoms with van der Waals surface area (Å²) in [4.78, 5) is 2.46. The Hall–Kier alpha value is -7.42. The molecular formula is C61H47NO. The van der Waals surface area contributed by atoms with Gasteiger partial charge in [0.15, 0.2) is 0 Å². The summed E-state index contributed by atoms with van der Waals surface area (Å²) in [5.74, 6) is 0. The van der Waals surface area contributed by atoms with Crippen molar-refractivity contribution < 1.29 is 4.42 Å². The van der Waals surface area contributed by atoms with Crippen LogP contribution in [0.25, 0.3) is 77.6 Å². The second-order valence-corrected chi connectivity index (χ2v) is 18.7. The first-order chi connectivity index (χ1) is 30.6. The van der Waals surface area contributed by atoms with Gasteiger partial charge in [-0.05, 0) is 145 Å². The smallest absolute Gasteiger partial charge is 0.135 e. The molecule has 10 aromatic rings. The minimum atomic E-state index is -0.218. The van der Waals surface area contributed by atoms with Crippen LogP contribution in [0.1, 0.15) is 55.5 Å². The first kappa shape index (κ1) is 37.4. The number of anilines is 3. The quantitative estimate of drug-likeness (QED) is 0.166. The standard InChI is InChI=1S/C61H47NO/c1-38-15-28-48-50-30-26-46(36-56(50)60(2,3)54(48)33-38)62(45-24-20-42(21-25-45)41-18-16-40(17-19-41)39-11-7-6-8-12-39)47-27-31-51-49-29-22-44(35-55(49)61(4,5)57(51)37-47)43-23-32-59-53(34-43)52-13-9-10-14-58(52)63-59/h6-37H,1-5H3. The maximum absolute atomic E-state index is 6.18. The van der Waals surface area contributed by atoms with Gasteiger partial charge in [-0.15, -0.1) is 0 Å². The van der Waals surface area contributed by atoms with Gasteiger partial charge in [0.05, 0.1) is 0 Å². The minimum absolute atomic E-state index is 0.122. The van der Waals surface area contributed by atoms with E-state index in [1.165, 1.54) is 83.5 Å². The van der Waals surface area contributed by atoms with Crippen molar-refractivity contribution in [3.8, 4) is 55.6 Å². The molecule has 1 aromatic heterocycles. The number of aryl methyl sites for hydroxylation is 1. The van der Waals surface area contributed by atoms with Crippen molar-refractivity contribution in [1.82, 2.24) is 0 Å². The number of hydrogen-bond donors (Lipinski definition) is 0. The number of rotatable bonds is 6. The highest BCUT2D eigenvalue weighted by Crippen LogP contribution is 2.54. The van der Waals surface area contributed by atoms with E-state index in [-0.39, 0.29) is 10.8 Å². The molecule has 0 bridgehead atoms. The fourth-order valence-corrected chi connectivity index (χ4v) is 10.7. The van der Waals surface area contributed by atoms with E-state index in [0.717, 1.165) is 39.0 Å². The lowest BCUT2D eigenvalue weighted by atomic mass is 9.81. The predicted molar refractivity (Wildman–Crippen MR) is 265 cm³/mol. The molecule has 2 heteroatoms. The van der Waals surface area contributed by atoms with Crippen LogP contribution in [0.4, 0.5) is 17.1 Å². The average Bonchev–Trinajstić information content (AvgIpc) is 3.88. The Balaban J connectivity index is 0.944. The summed E-state index contributed by atoms with van der Waals surface area (Å²) < 4.78 is 6.18. The van der Waals surface area contributed by atoms with Gasteiger partial charge >= 0.3 is 0 Å². The number of furan rings is 1. The summed E-state index contributed by atoms with van der Waals surface area (Å²) in [6, 6.07) is 71.8. The highest BCUT2D eigenvalue weighted by Gasteiger charge is 2.38. The number of hydrogen-bond acceptors (Lipinski definition) is 2. The summed E-state index contributed by atoms with van der Waals surface area (Å²) in [5.41, 5.74) is 24.2. The molecule has 0 amide bonds. The molecule has 0 unspecified atom stereocenters. The van der Waals surface area contributed by atoms with Gasteiger partial charge in [-0.1, -0.05) is 167 Å². The first-order valence-electron chi connectivity index (χ1n) is 22.2. The normalized spacial score (nSPS) is 14.0. The number of nitrogens with zero attached hydrogens (tertiary/aromatic N) is 1. The number of para-hydroxylation sites is 1. The van der Waals surface area contributed by atoms with E-state index >= 15 is 0 Å². The monoisotopic (exact) mass is 809 g/mol. The van der Waals surface area contributed by atoms with Crippen molar-refractivity contribution in [2.45, 2.75) is 45.4 Å². The Morgan fingerprint density at radius 3 is 1.40 bits per heavy atom. The molecule has 0 atom stereocenters. The van der Waals surface area contributed by atoms with Gasteiger partial charge < -0.3 is 9.32 Å². The van der Waals surface area contributed by atoms with Crippen LogP contribution in [0.3, 0.4) is 0 Å². The topological polar surface area (TPSA) is 16.4 Å². The van der Waals surface area contributed by atoms with Crippen LogP contribution in [0.5, 0.6) is 0 Å². The fourth-order valence-electron chi connectivity index (χ4n) is 10.7. The first-order valence-corrected chi connectivity index (χ1v) is 22.2. The summed E-state index contributed by atoms with van der Waals surface area (Å²) in [6.07, 6.45) is 0. The zero-order valence-electron chi connectivity index (χ0n) is 36.3. The van der Waals surface area contributed by atoms with E-state index in [9.17, 15) is 0 Å². The molecular weight excluding hydrogens is 763 g/mol. The van der Waals surface area contributed by atoms with Gasteiger partial charge in [-0.2, -0.15) is 0 Å². The van der Waals surface area contributed by atoms with Gasteiger partial charge in [-0.25, -0.2) is 0 Å². The molecule has 0 radical (unpaired) electrons. The minimum Gasteiger partial charge on any atom is -0.456 e. The predicted octanol–water partition coefficient (Wildman–Crippen LogP) is 17.0. The third kappa shape index (κ3) is 5.85. The Morgan fingerprint density at radius 2 is 0.762 bits per heavy atom. The maximum atomic E-state index is 6.18. The summed E-state index contributed by atoms with van der Waals surface area (Å²) in [5, 5.41) is 2.30. The molecule has 0 aliphatic heterocycles. The van der Waals surface area contributed by atoms with E-state index < -0.39 is 0 Å². The van der Waals surface area contributed by atoms with Crippen LogP contribution in [0, 0.1) is 6.92 Å². The third-order valence-electron chi connectivity index (χ3n) is 14.2. The molecule has 12 rings (SSSR count). The lowest BCUT2D eigenvalue weighted by molar-refractivity contribution is 0.659. The van der Waals surface area contributed by atoms with Crippen LogP contribution in [0.15, 0.2) is 199 Å². The summed E-state index contributed by atoms with van der Waals surface area (Å²) >= 11 is 0. The lowest BCUT2D eigenvalue weighted by Gasteiger charge is -2.30. The molecule has 0 fully saturated rings. The van der Waals surface area contributed by atoms with Crippen LogP contribution in [0.2, 0.25) is 0 Å². The van der Waals surface area contributed by atoms with Crippen LogP contribution < -0.4 is 4.90 Å². The Morgan fingerprint density at radius 1 is 0.333 bits per heavy atom. The SMILES string of the molecule is Cc1ccc2c(c1)C(C)(C)c1cc(N(c3ccc(-c4ccc(-c5ccccc5)cc4)cc3)c3ccc4c(c3)C(C)(C)c3cc(-c5ccc6oc7ccccc7c6c5)ccc3-4)ccc1-2. The van der Waals surface area contributed by atoms with Gasteiger partial charge in [0.1, 0.15) is 11.2 Å². The van der Waals surface area contributed by atoms with Gasteiger partial charge in [0, 0.05) is 38.7 Å². The molecule has 2 aliphatic carbocycles. The third-order valence-corrected chi connectivity index (χ3v) is 14.2. The maximum Gasteiger partial charge on any atom is 0.135 e. The molecule has 2 aliphatic rings. The number of fused-ring (bicyclic) bond motifs is 9. The zero-order chi connectivity index (χ0) is 42.6. The van der Waals surface area contributed by atoms with Crippen molar-refractivity contribution in [1.29, 1.82) is 0 Å². The van der Waals surface area contributed by atoms with Gasteiger partial charge in [0.25, 0.3) is 0 Å². The summed E-state index contributed by atoms with van der Waals surface area (Å²) in [6.45, 7) is 11.7. The lowest BCUT2D eigenvalue weighted by Crippen LogP contribution is -2.18. The van der Waals surface area contributed by atoms with E-state index in [4.69, 9.17) is 4.42 Å². The highest BCUT2D eigenvalue weighted by molar-refractivity contribution is 6.06. The van der Waals surface area contributed by atoms with Gasteiger partial charge in [0.2, 0.25) is 0 Å². The zero-order valence-corrected chi connectivity index (χ0v) is 36.3. The van der Waals surface area contributed by atoms with E-state index in [2.05, 4.69) is 222 Å². The molecule has 0 spiro atoms. The molecule has 63 heavy (non-hydrogen) atoms. The second-order valence-electron chi connectivity index (χ2n) is 18.7. The molecule has 2 nitrogen and oxygen atoms in total. The number of benzene rings is 9. The van der Waals surface area contributed by atoms with Crippen LogP contribution in [-0.2, 0) is 10.8 Å². The molecule has 302 valence electrons. The molecule has 0 N–H and O–H groups in total. The molecule has 9 aromatic carbocycles. The Kier molecular flexibility index (Phi) is 8.18. The van der Waals surface area contributed by atoms with Gasteiger partial charge in [-0.3, -0.25) is 0 Å². The molecule has 1 heterocycles. The Labute approximate surface area is 369 Å². The largest absolute Gasteiger partial charge is 0.456 e. The second kappa shape index (κ2) is 13.8. The van der Waals surface area contributed by atoms with E-state index in [1.54, 1.807) is 0 Å². The molecule has 0 saturated carbocycles. The van der Waals surface area contributed by atoms with E-state index in [1.807, 2.05) is 12.1 Å². The van der Waals surface area contributed by atoms with Crippen molar-refractivity contribution >= 4 is 39.0 Å². The van der Waals surface area contributed by atoms with E-state index in [0.29, 0.717) is 0 Å². The summed E-state index contributed by atoms with van der Waals surface area (Å²) in [7, 11) is 0. The van der Waals surface area contributed by atoms with Crippen molar-refractivity contribution in [3.63, 3.8) is 0 Å². The van der Waals surface area contributed by atoms with Crippen molar-refractivity contribution in [3.05, 3.63) is 222 Å². The highest BCUT2D eigenvalue weighted by atomic mass is 16.3. The average molecular weight is 810 g/mol.